The minimum atomic E-state index is -3.33. The van der Waals surface area contributed by atoms with Crippen LogP contribution in [0.2, 0.25) is 0 Å². The molecule has 0 radical (unpaired) electrons. The van der Waals surface area contributed by atoms with Gasteiger partial charge in [-0.25, -0.2) is 13.1 Å². The zero-order chi connectivity index (χ0) is 19.2. The van der Waals surface area contributed by atoms with Crippen molar-refractivity contribution in [2.75, 3.05) is 12.3 Å². The summed E-state index contributed by atoms with van der Waals surface area (Å²) in [5.74, 6) is -1.50. The highest BCUT2D eigenvalue weighted by Crippen LogP contribution is 2.44. The van der Waals surface area contributed by atoms with E-state index in [4.69, 9.17) is 23.7 Å². The third-order valence-electron chi connectivity index (χ3n) is 4.60. The first-order valence-corrected chi connectivity index (χ1v) is 10.6. The molecule has 0 aromatic carbocycles. The molecule has 3 aliphatic rings. The highest BCUT2D eigenvalue weighted by atomic mass is 32.2. The van der Waals surface area contributed by atoms with Gasteiger partial charge in [-0.15, -0.1) is 6.58 Å². The van der Waals surface area contributed by atoms with E-state index in [0.717, 1.165) is 0 Å². The van der Waals surface area contributed by atoms with E-state index in [2.05, 4.69) is 11.3 Å². The van der Waals surface area contributed by atoms with Gasteiger partial charge in [-0.05, 0) is 40.5 Å². The van der Waals surface area contributed by atoms with Gasteiger partial charge in [-0.2, -0.15) is 0 Å². The lowest BCUT2D eigenvalue weighted by Gasteiger charge is -2.37. The molecule has 3 rings (SSSR count). The first-order valence-electron chi connectivity index (χ1n) is 8.97. The Kier molecular flexibility index (Phi) is 5.53. The van der Waals surface area contributed by atoms with Gasteiger partial charge in [0.2, 0.25) is 10.0 Å². The highest BCUT2D eigenvalue weighted by Gasteiger charge is 2.60. The normalized spacial score (nSPS) is 37.9. The van der Waals surface area contributed by atoms with E-state index in [9.17, 15) is 8.42 Å². The molecule has 0 aromatic rings. The average Bonchev–Trinajstić information content (AvgIpc) is 2.99. The van der Waals surface area contributed by atoms with Crippen LogP contribution in [0.25, 0.3) is 0 Å². The van der Waals surface area contributed by atoms with Gasteiger partial charge in [0.25, 0.3) is 0 Å². The monoisotopic (exact) mass is 391 g/mol. The number of hydrogen-bond acceptors (Lipinski definition) is 7. The molecule has 3 saturated heterocycles. The van der Waals surface area contributed by atoms with Crippen LogP contribution in [0.4, 0.5) is 0 Å². The van der Waals surface area contributed by atoms with Crippen molar-refractivity contribution in [2.45, 2.75) is 82.8 Å². The molecular weight excluding hydrogens is 362 g/mol. The molecule has 0 spiro atoms. The van der Waals surface area contributed by atoms with Crippen molar-refractivity contribution in [1.82, 2.24) is 4.72 Å². The molecule has 0 aliphatic carbocycles. The van der Waals surface area contributed by atoms with Crippen LogP contribution in [0.15, 0.2) is 12.7 Å². The maximum absolute atomic E-state index is 11.9. The maximum atomic E-state index is 11.9. The van der Waals surface area contributed by atoms with Crippen LogP contribution in [0.3, 0.4) is 0 Å². The third kappa shape index (κ3) is 4.46. The first-order chi connectivity index (χ1) is 12.0. The lowest BCUT2D eigenvalue weighted by Crippen LogP contribution is -2.55. The summed E-state index contributed by atoms with van der Waals surface area (Å²) in [6.45, 7) is 11.1. The van der Waals surface area contributed by atoms with Crippen molar-refractivity contribution in [1.29, 1.82) is 0 Å². The molecule has 0 saturated carbocycles. The van der Waals surface area contributed by atoms with Crippen LogP contribution >= 0.6 is 0 Å². The summed E-state index contributed by atoms with van der Waals surface area (Å²) in [6, 6.07) is 0. The predicted molar refractivity (Wildman–Crippen MR) is 93.7 cm³/mol. The average molecular weight is 391 g/mol. The van der Waals surface area contributed by atoms with Crippen molar-refractivity contribution in [3.63, 3.8) is 0 Å². The number of hydrogen-bond donors (Lipinski definition) is 1. The molecule has 5 atom stereocenters. The van der Waals surface area contributed by atoms with Crippen molar-refractivity contribution in [3.05, 3.63) is 12.7 Å². The van der Waals surface area contributed by atoms with E-state index in [1.54, 1.807) is 0 Å². The molecule has 3 heterocycles. The van der Waals surface area contributed by atoms with Gasteiger partial charge in [0.05, 0.1) is 11.9 Å². The molecule has 0 aromatic heterocycles. The minimum absolute atomic E-state index is 0.0132. The summed E-state index contributed by atoms with van der Waals surface area (Å²) < 4.78 is 56.2. The fraction of sp³-hybridized carbons (Fsp3) is 0.882. The van der Waals surface area contributed by atoms with Crippen molar-refractivity contribution >= 4 is 10.0 Å². The Bertz CT molecular complexity index is 633. The Balaban J connectivity index is 1.65. The maximum Gasteiger partial charge on any atom is 0.211 e. The summed E-state index contributed by atoms with van der Waals surface area (Å²) in [4.78, 5) is 0. The zero-order valence-electron chi connectivity index (χ0n) is 15.8. The van der Waals surface area contributed by atoms with Gasteiger partial charge in [0.15, 0.2) is 17.9 Å². The van der Waals surface area contributed by atoms with Crippen LogP contribution in [-0.2, 0) is 33.7 Å². The van der Waals surface area contributed by atoms with Gasteiger partial charge in [-0.3, -0.25) is 0 Å². The van der Waals surface area contributed by atoms with E-state index in [1.165, 1.54) is 6.08 Å². The van der Waals surface area contributed by atoms with Gasteiger partial charge >= 0.3 is 0 Å². The molecule has 9 heteroatoms. The van der Waals surface area contributed by atoms with E-state index in [0.29, 0.717) is 12.8 Å². The molecule has 8 nitrogen and oxygen atoms in total. The SMILES string of the molecule is C=CCNS(=O)(=O)CCC[C@H]1O[C@@H]2OC(C)(C)O[C@@H]2[C@H]2OC(C)(C)O[C@H]21. The molecule has 3 fully saturated rings. The lowest BCUT2D eigenvalue weighted by molar-refractivity contribution is -0.234. The van der Waals surface area contributed by atoms with Crippen LogP contribution in [0.1, 0.15) is 40.5 Å². The number of fused-ring (bicyclic) bond motifs is 3. The van der Waals surface area contributed by atoms with Crippen molar-refractivity contribution < 1.29 is 32.1 Å². The number of ether oxygens (including phenoxy) is 5. The second kappa shape index (κ2) is 7.12. The fourth-order valence-corrected chi connectivity index (χ4v) is 4.72. The van der Waals surface area contributed by atoms with Crippen LogP contribution in [0, 0.1) is 0 Å². The van der Waals surface area contributed by atoms with Crippen LogP contribution in [0.5, 0.6) is 0 Å². The summed E-state index contributed by atoms with van der Waals surface area (Å²) in [5.41, 5.74) is 0. The van der Waals surface area contributed by atoms with Crippen LogP contribution < -0.4 is 4.72 Å². The number of sulfonamides is 1. The minimum Gasteiger partial charge on any atom is -0.344 e. The Morgan fingerprint density at radius 2 is 1.62 bits per heavy atom. The first kappa shape index (κ1) is 20.2. The predicted octanol–water partition coefficient (Wildman–Crippen LogP) is 1.27. The summed E-state index contributed by atoms with van der Waals surface area (Å²) >= 11 is 0. The van der Waals surface area contributed by atoms with Gasteiger partial charge in [-0.1, -0.05) is 6.08 Å². The standard InChI is InChI=1S/C17H29NO7S/c1-6-9-18-26(19,20)10-7-8-11-12-13(23-16(2,3)22-12)14-15(21-11)25-17(4,5)24-14/h6,11-15,18H,1,7-10H2,2-5H3/t11-,12+,13+,14-,15-/m1/s1. The Morgan fingerprint density at radius 3 is 2.31 bits per heavy atom. The van der Waals surface area contributed by atoms with E-state index in [-0.39, 0.29) is 36.7 Å². The summed E-state index contributed by atoms with van der Waals surface area (Å²) in [6.07, 6.45) is 0.579. The van der Waals surface area contributed by atoms with E-state index >= 15 is 0 Å². The topological polar surface area (TPSA) is 92.3 Å². The summed E-state index contributed by atoms with van der Waals surface area (Å²) in [7, 11) is -3.33. The van der Waals surface area contributed by atoms with Gasteiger partial charge < -0.3 is 23.7 Å². The lowest BCUT2D eigenvalue weighted by atomic mass is 9.96. The van der Waals surface area contributed by atoms with Crippen molar-refractivity contribution in [2.24, 2.45) is 0 Å². The smallest absolute Gasteiger partial charge is 0.211 e. The molecule has 1 N–H and O–H groups in total. The van der Waals surface area contributed by atoms with Crippen LogP contribution in [-0.4, -0.2) is 63.0 Å². The molecule has 0 bridgehead atoms. The number of nitrogens with one attached hydrogen (secondary N) is 1. The molecule has 0 amide bonds. The fourth-order valence-electron chi connectivity index (χ4n) is 3.66. The van der Waals surface area contributed by atoms with E-state index < -0.39 is 27.9 Å². The third-order valence-corrected chi connectivity index (χ3v) is 6.03. The quantitative estimate of drug-likeness (QED) is 0.653. The van der Waals surface area contributed by atoms with E-state index in [1.807, 2.05) is 27.7 Å². The Labute approximate surface area is 155 Å². The van der Waals surface area contributed by atoms with Gasteiger partial charge in [0, 0.05) is 6.54 Å². The van der Waals surface area contributed by atoms with Crippen molar-refractivity contribution in [3.8, 4) is 0 Å². The largest absolute Gasteiger partial charge is 0.344 e. The second-order valence-electron chi connectivity index (χ2n) is 7.81. The highest BCUT2D eigenvalue weighted by molar-refractivity contribution is 7.89. The van der Waals surface area contributed by atoms with Gasteiger partial charge in [0.1, 0.15) is 18.3 Å². The number of rotatable bonds is 7. The molecule has 26 heavy (non-hydrogen) atoms. The molecular formula is C17H29NO7S. The Hall–Kier alpha value is -0.550. The summed E-state index contributed by atoms with van der Waals surface area (Å²) in [5, 5.41) is 0. The zero-order valence-corrected chi connectivity index (χ0v) is 16.6. The molecule has 3 aliphatic heterocycles. The second-order valence-corrected chi connectivity index (χ2v) is 9.73. The Morgan fingerprint density at radius 1 is 1.00 bits per heavy atom. The molecule has 150 valence electrons. The molecule has 0 unspecified atom stereocenters.